The largest absolute Gasteiger partial charge is 0.315 e. The number of benzene rings is 1. The molecule has 1 aliphatic heterocycles. The van der Waals surface area contributed by atoms with E-state index in [1.54, 1.807) is 0 Å². The fourth-order valence-corrected chi connectivity index (χ4v) is 3.01. The van der Waals surface area contributed by atoms with Gasteiger partial charge in [-0.05, 0) is 36.9 Å². The Hall–Kier alpha value is -0.570. The van der Waals surface area contributed by atoms with E-state index in [2.05, 4.69) is 36.2 Å². The summed E-state index contributed by atoms with van der Waals surface area (Å²) in [5.41, 5.74) is 1.25. The molecule has 1 fully saturated rings. The lowest BCUT2D eigenvalue weighted by Crippen LogP contribution is -2.40. The van der Waals surface area contributed by atoms with Crippen LogP contribution in [0, 0.1) is 5.92 Å². The zero-order valence-corrected chi connectivity index (χ0v) is 12.8. The summed E-state index contributed by atoms with van der Waals surface area (Å²) in [6.45, 7) is 8.97. The summed E-state index contributed by atoms with van der Waals surface area (Å²) in [6, 6.07) is 8.84. The smallest absolute Gasteiger partial charge is 0.0451 e. The Balaban J connectivity index is 2.07. The van der Waals surface area contributed by atoms with Gasteiger partial charge in [-0.2, -0.15) is 0 Å². The van der Waals surface area contributed by atoms with Gasteiger partial charge in [0.25, 0.3) is 0 Å². The number of hydrogen-bond acceptors (Lipinski definition) is 2. The molecule has 0 radical (unpaired) electrons. The second-order valence-electron chi connectivity index (χ2n) is 5.90. The number of nitrogens with zero attached hydrogens (tertiary/aromatic N) is 1. The Kier molecular flexibility index (Phi) is 5.68. The van der Waals surface area contributed by atoms with Crippen molar-refractivity contribution in [3.05, 3.63) is 34.9 Å². The van der Waals surface area contributed by atoms with Crippen LogP contribution in [-0.2, 0) is 6.54 Å². The van der Waals surface area contributed by atoms with Crippen LogP contribution in [0.5, 0.6) is 0 Å². The van der Waals surface area contributed by atoms with Crippen LogP contribution in [-0.4, -0.2) is 30.6 Å². The predicted octanol–water partition coefficient (Wildman–Crippen LogP) is 3.55. The summed E-state index contributed by atoms with van der Waals surface area (Å²) in [6.07, 6.45) is 2.47. The zero-order chi connectivity index (χ0) is 13.7. The molecule has 19 heavy (non-hydrogen) atoms. The quantitative estimate of drug-likeness (QED) is 0.907. The average molecular weight is 281 g/mol. The molecule has 1 aromatic rings. The fraction of sp³-hybridized carbons (Fsp3) is 0.625. The van der Waals surface area contributed by atoms with E-state index in [0.717, 1.165) is 37.1 Å². The van der Waals surface area contributed by atoms with E-state index in [9.17, 15) is 0 Å². The first kappa shape index (κ1) is 14.8. The van der Waals surface area contributed by atoms with Crippen LogP contribution in [0.1, 0.15) is 32.3 Å². The maximum atomic E-state index is 6.30. The first-order valence-corrected chi connectivity index (χ1v) is 7.73. The highest BCUT2D eigenvalue weighted by molar-refractivity contribution is 6.31. The third kappa shape index (κ3) is 4.48. The standard InChI is InChI=1S/C16H25ClN2/c1-13(2)10-15-11-18-8-5-9-19(15)12-14-6-3-4-7-16(14)17/h3-4,6-7,13,15,18H,5,8-12H2,1-2H3. The van der Waals surface area contributed by atoms with Crippen LogP contribution in [0.15, 0.2) is 24.3 Å². The molecule has 1 unspecified atom stereocenters. The monoisotopic (exact) mass is 280 g/mol. The van der Waals surface area contributed by atoms with Crippen LogP contribution < -0.4 is 5.32 Å². The Morgan fingerprint density at radius 2 is 2.16 bits per heavy atom. The third-order valence-electron chi connectivity index (χ3n) is 3.77. The number of rotatable bonds is 4. The summed E-state index contributed by atoms with van der Waals surface area (Å²) in [7, 11) is 0. The Labute approximate surface area is 122 Å². The van der Waals surface area contributed by atoms with Crippen molar-refractivity contribution in [3.63, 3.8) is 0 Å². The summed E-state index contributed by atoms with van der Waals surface area (Å²) in [5, 5.41) is 4.45. The van der Waals surface area contributed by atoms with E-state index >= 15 is 0 Å². The minimum atomic E-state index is 0.624. The Bertz CT molecular complexity index is 392. The minimum absolute atomic E-state index is 0.624. The van der Waals surface area contributed by atoms with E-state index in [0.29, 0.717) is 6.04 Å². The van der Waals surface area contributed by atoms with Gasteiger partial charge in [-0.15, -0.1) is 0 Å². The molecule has 1 atom stereocenters. The second kappa shape index (κ2) is 7.28. The van der Waals surface area contributed by atoms with Crippen LogP contribution in [0.3, 0.4) is 0 Å². The lowest BCUT2D eigenvalue weighted by Gasteiger charge is -2.31. The Morgan fingerprint density at radius 1 is 1.37 bits per heavy atom. The Morgan fingerprint density at radius 3 is 2.89 bits per heavy atom. The van der Waals surface area contributed by atoms with Gasteiger partial charge in [0.15, 0.2) is 0 Å². The van der Waals surface area contributed by atoms with Gasteiger partial charge in [0.2, 0.25) is 0 Å². The van der Waals surface area contributed by atoms with Crippen molar-refractivity contribution in [1.29, 1.82) is 0 Å². The van der Waals surface area contributed by atoms with E-state index < -0.39 is 0 Å². The van der Waals surface area contributed by atoms with Crippen molar-refractivity contribution in [1.82, 2.24) is 10.2 Å². The summed E-state index contributed by atoms with van der Waals surface area (Å²) in [5.74, 6) is 0.735. The van der Waals surface area contributed by atoms with Crippen LogP contribution in [0.2, 0.25) is 5.02 Å². The summed E-state index contributed by atoms with van der Waals surface area (Å²) < 4.78 is 0. The van der Waals surface area contributed by atoms with Crippen LogP contribution in [0.4, 0.5) is 0 Å². The van der Waals surface area contributed by atoms with Crippen molar-refractivity contribution < 1.29 is 0 Å². The second-order valence-corrected chi connectivity index (χ2v) is 6.31. The average Bonchev–Trinajstić information content (AvgIpc) is 2.58. The van der Waals surface area contributed by atoms with Crippen molar-refractivity contribution in [2.75, 3.05) is 19.6 Å². The highest BCUT2D eigenvalue weighted by Gasteiger charge is 2.22. The first-order chi connectivity index (χ1) is 9.16. The molecule has 0 amide bonds. The SMILES string of the molecule is CC(C)CC1CNCCCN1Cc1ccccc1Cl. The van der Waals surface area contributed by atoms with Gasteiger partial charge in [-0.1, -0.05) is 43.6 Å². The van der Waals surface area contributed by atoms with Gasteiger partial charge in [-0.3, -0.25) is 4.90 Å². The lowest BCUT2D eigenvalue weighted by atomic mass is 10.0. The lowest BCUT2D eigenvalue weighted by molar-refractivity contribution is 0.177. The molecule has 1 heterocycles. The summed E-state index contributed by atoms with van der Waals surface area (Å²) >= 11 is 6.30. The van der Waals surface area contributed by atoms with Gasteiger partial charge in [0, 0.05) is 30.7 Å². The zero-order valence-electron chi connectivity index (χ0n) is 12.0. The minimum Gasteiger partial charge on any atom is -0.315 e. The molecule has 2 rings (SSSR count). The van der Waals surface area contributed by atoms with E-state index in [1.165, 1.54) is 18.4 Å². The molecule has 1 saturated heterocycles. The molecule has 0 aromatic heterocycles. The van der Waals surface area contributed by atoms with Crippen LogP contribution >= 0.6 is 11.6 Å². The highest BCUT2D eigenvalue weighted by atomic mass is 35.5. The molecule has 2 nitrogen and oxygen atoms in total. The molecular weight excluding hydrogens is 256 g/mol. The third-order valence-corrected chi connectivity index (χ3v) is 4.14. The fourth-order valence-electron chi connectivity index (χ4n) is 2.82. The molecule has 0 spiro atoms. The van der Waals surface area contributed by atoms with E-state index in [4.69, 9.17) is 11.6 Å². The van der Waals surface area contributed by atoms with E-state index in [1.807, 2.05) is 12.1 Å². The predicted molar refractivity (Wildman–Crippen MR) is 82.6 cm³/mol. The van der Waals surface area contributed by atoms with Gasteiger partial charge in [-0.25, -0.2) is 0 Å². The molecular formula is C16H25ClN2. The number of halogens is 1. The van der Waals surface area contributed by atoms with Crippen molar-refractivity contribution in [2.24, 2.45) is 5.92 Å². The molecule has 0 aliphatic carbocycles. The normalized spacial score (nSPS) is 21.6. The topological polar surface area (TPSA) is 15.3 Å². The molecule has 3 heteroatoms. The highest BCUT2D eigenvalue weighted by Crippen LogP contribution is 2.21. The van der Waals surface area contributed by atoms with Crippen molar-refractivity contribution >= 4 is 11.6 Å². The molecule has 0 bridgehead atoms. The van der Waals surface area contributed by atoms with Crippen LogP contribution in [0.25, 0.3) is 0 Å². The van der Waals surface area contributed by atoms with Gasteiger partial charge < -0.3 is 5.32 Å². The van der Waals surface area contributed by atoms with Gasteiger partial charge in [0.05, 0.1) is 0 Å². The maximum Gasteiger partial charge on any atom is 0.0451 e. The van der Waals surface area contributed by atoms with Crippen molar-refractivity contribution in [3.8, 4) is 0 Å². The summed E-state index contributed by atoms with van der Waals surface area (Å²) in [4.78, 5) is 2.60. The van der Waals surface area contributed by atoms with Gasteiger partial charge in [0.1, 0.15) is 0 Å². The number of hydrogen-bond donors (Lipinski definition) is 1. The van der Waals surface area contributed by atoms with E-state index in [-0.39, 0.29) is 0 Å². The molecule has 1 aliphatic rings. The molecule has 0 saturated carbocycles. The van der Waals surface area contributed by atoms with Crippen molar-refractivity contribution in [2.45, 2.75) is 39.3 Å². The molecule has 1 N–H and O–H groups in total. The van der Waals surface area contributed by atoms with Gasteiger partial charge >= 0.3 is 0 Å². The first-order valence-electron chi connectivity index (χ1n) is 7.35. The number of nitrogens with one attached hydrogen (secondary N) is 1. The maximum absolute atomic E-state index is 6.30. The molecule has 106 valence electrons. The molecule has 1 aromatic carbocycles.